The molecule has 24 heavy (non-hydrogen) atoms. The molecule has 3 aromatic rings. The third-order valence-corrected chi connectivity index (χ3v) is 4.69. The van der Waals surface area contributed by atoms with Gasteiger partial charge in [-0.05, 0) is 12.1 Å². The van der Waals surface area contributed by atoms with Crippen molar-refractivity contribution in [2.24, 2.45) is 14.1 Å². The summed E-state index contributed by atoms with van der Waals surface area (Å²) in [6, 6.07) is 5.66. The lowest BCUT2D eigenvalue weighted by molar-refractivity contribution is 0.102. The number of aromatic nitrogens is 4. The number of hydrogen-bond acceptors (Lipinski definition) is 6. The standard InChI is InChI=1S/C15H15N5O3S/c1-18-12(16)11(13(22)19(2)15(18)23)10(21)8-24-14-17-7-9-5-3-4-6-20(9)14/h3-7H,8,16H2,1-2H3. The Morgan fingerprint density at radius 1 is 1.25 bits per heavy atom. The summed E-state index contributed by atoms with van der Waals surface area (Å²) in [5, 5.41) is 0.638. The van der Waals surface area contributed by atoms with E-state index in [2.05, 4.69) is 4.98 Å². The fraction of sp³-hybridized carbons (Fsp3) is 0.200. The van der Waals surface area contributed by atoms with E-state index >= 15 is 0 Å². The van der Waals surface area contributed by atoms with Gasteiger partial charge in [-0.3, -0.25) is 23.1 Å². The van der Waals surface area contributed by atoms with Crippen molar-refractivity contribution >= 4 is 28.9 Å². The number of rotatable bonds is 4. The average Bonchev–Trinajstić information content (AvgIpc) is 3.00. The zero-order valence-electron chi connectivity index (χ0n) is 13.1. The predicted molar refractivity (Wildman–Crippen MR) is 91.6 cm³/mol. The number of nitrogens with two attached hydrogens (primary N) is 1. The highest BCUT2D eigenvalue weighted by Crippen LogP contribution is 2.19. The molecule has 0 radical (unpaired) electrons. The van der Waals surface area contributed by atoms with Crippen molar-refractivity contribution in [2.75, 3.05) is 11.5 Å². The second kappa shape index (κ2) is 6.00. The van der Waals surface area contributed by atoms with Gasteiger partial charge < -0.3 is 5.73 Å². The van der Waals surface area contributed by atoms with Gasteiger partial charge in [0.25, 0.3) is 5.56 Å². The second-order valence-corrected chi connectivity index (χ2v) is 6.16. The number of carbonyl (C=O) groups is 1. The van der Waals surface area contributed by atoms with Gasteiger partial charge in [-0.25, -0.2) is 9.78 Å². The Bertz CT molecular complexity index is 1060. The molecule has 8 nitrogen and oxygen atoms in total. The molecule has 0 unspecified atom stereocenters. The number of fused-ring (bicyclic) bond motifs is 1. The Labute approximate surface area is 140 Å². The van der Waals surface area contributed by atoms with Crippen LogP contribution in [0.1, 0.15) is 10.4 Å². The molecule has 3 heterocycles. The molecule has 0 spiro atoms. The van der Waals surface area contributed by atoms with Crippen LogP contribution in [0.2, 0.25) is 0 Å². The quantitative estimate of drug-likeness (QED) is 0.538. The number of hydrogen-bond donors (Lipinski definition) is 1. The van der Waals surface area contributed by atoms with Crippen LogP contribution in [0.15, 0.2) is 45.3 Å². The second-order valence-electron chi connectivity index (χ2n) is 5.21. The van der Waals surface area contributed by atoms with Gasteiger partial charge in [0.1, 0.15) is 11.4 Å². The highest BCUT2D eigenvalue weighted by atomic mass is 32.2. The molecule has 3 aromatic heterocycles. The SMILES string of the molecule is Cn1c(N)c(C(=O)CSc2ncc3ccccn23)c(=O)n(C)c1=O. The topological polar surface area (TPSA) is 104 Å². The summed E-state index contributed by atoms with van der Waals surface area (Å²) in [6.07, 6.45) is 3.54. The van der Waals surface area contributed by atoms with E-state index in [1.807, 2.05) is 28.8 Å². The van der Waals surface area contributed by atoms with Crippen molar-refractivity contribution in [1.82, 2.24) is 18.5 Å². The predicted octanol–water partition coefficient (Wildman–Crippen LogP) is 0.289. The Morgan fingerprint density at radius 2 is 2.00 bits per heavy atom. The molecule has 0 aliphatic heterocycles. The first-order valence-corrected chi connectivity index (χ1v) is 8.04. The van der Waals surface area contributed by atoms with E-state index in [1.165, 1.54) is 25.9 Å². The van der Waals surface area contributed by atoms with Crippen LogP contribution in [0, 0.1) is 0 Å². The van der Waals surface area contributed by atoms with Gasteiger partial charge in [-0.1, -0.05) is 17.8 Å². The van der Waals surface area contributed by atoms with Crippen LogP contribution >= 0.6 is 11.8 Å². The summed E-state index contributed by atoms with van der Waals surface area (Å²) >= 11 is 1.20. The molecule has 0 saturated heterocycles. The molecule has 124 valence electrons. The van der Waals surface area contributed by atoms with Crippen molar-refractivity contribution in [1.29, 1.82) is 0 Å². The molecule has 3 rings (SSSR count). The molecule has 0 atom stereocenters. The van der Waals surface area contributed by atoms with E-state index in [1.54, 1.807) is 6.20 Å². The summed E-state index contributed by atoms with van der Waals surface area (Å²) in [5.74, 6) is -0.575. The number of anilines is 1. The lowest BCUT2D eigenvalue weighted by Crippen LogP contribution is -2.41. The lowest BCUT2D eigenvalue weighted by atomic mass is 10.2. The number of imidazole rings is 1. The summed E-state index contributed by atoms with van der Waals surface area (Å²) < 4.78 is 3.81. The van der Waals surface area contributed by atoms with E-state index in [4.69, 9.17) is 5.73 Å². The molecule has 0 amide bonds. The third-order valence-electron chi connectivity index (χ3n) is 3.73. The fourth-order valence-electron chi connectivity index (χ4n) is 2.35. The Balaban J connectivity index is 1.91. The molecule has 9 heteroatoms. The van der Waals surface area contributed by atoms with Gasteiger partial charge in [0.2, 0.25) is 0 Å². The highest BCUT2D eigenvalue weighted by molar-refractivity contribution is 7.99. The monoisotopic (exact) mass is 345 g/mol. The van der Waals surface area contributed by atoms with Crippen LogP contribution in [0.25, 0.3) is 5.52 Å². The number of carbonyl (C=O) groups excluding carboxylic acids is 1. The number of Topliss-reactive ketones (excluding diaryl/α,β-unsaturated/α-hetero) is 1. The summed E-state index contributed by atoms with van der Waals surface area (Å²) in [7, 11) is 2.74. The Kier molecular flexibility index (Phi) is 4.02. The van der Waals surface area contributed by atoms with Crippen molar-refractivity contribution in [3.8, 4) is 0 Å². The molecule has 0 aliphatic carbocycles. The molecule has 2 N–H and O–H groups in total. The van der Waals surface area contributed by atoms with E-state index in [0.717, 1.165) is 14.7 Å². The van der Waals surface area contributed by atoms with Gasteiger partial charge in [0.05, 0.1) is 17.5 Å². The summed E-state index contributed by atoms with van der Waals surface area (Å²) in [4.78, 5) is 40.7. The number of ketones is 1. The minimum atomic E-state index is -0.686. The zero-order chi connectivity index (χ0) is 17.4. The van der Waals surface area contributed by atoms with E-state index in [9.17, 15) is 14.4 Å². The molecule has 0 saturated carbocycles. The Morgan fingerprint density at radius 3 is 2.75 bits per heavy atom. The normalized spacial score (nSPS) is 11.1. The van der Waals surface area contributed by atoms with Crippen molar-refractivity contribution in [3.63, 3.8) is 0 Å². The minimum Gasteiger partial charge on any atom is -0.384 e. The van der Waals surface area contributed by atoms with Crippen LogP contribution in [0.5, 0.6) is 0 Å². The van der Waals surface area contributed by atoms with Crippen molar-refractivity contribution in [3.05, 3.63) is 57.0 Å². The van der Waals surface area contributed by atoms with Gasteiger partial charge in [0.15, 0.2) is 10.9 Å². The molecule has 0 aliphatic rings. The van der Waals surface area contributed by atoms with Gasteiger partial charge in [-0.15, -0.1) is 0 Å². The van der Waals surface area contributed by atoms with Gasteiger partial charge >= 0.3 is 5.69 Å². The van der Waals surface area contributed by atoms with Crippen molar-refractivity contribution < 1.29 is 4.79 Å². The first-order valence-electron chi connectivity index (χ1n) is 7.05. The lowest BCUT2D eigenvalue weighted by Gasteiger charge is -2.10. The third kappa shape index (κ3) is 2.52. The smallest absolute Gasteiger partial charge is 0.332 e. The molecule has 0 bridgehead atoms. The van der Waals surface area contributed by atoms with Crippen LogP contribution in [0.4, 0.5) is 5.82 Å². The molecule has 0 aromatic carbocycles. The van der Waals surface area contributed by atoms with Gasteiger partial charge in [-0.2, -0.15) is 0 Å². The maximum Gasteiger partial charge on any atom is 0.332 e. The minimum absolute atomic E-state index is 0.00828. The van der Waals surface area contributed by atoms with Crippen LogP contribution in [-0.2, 0) is 14.1 Å². The zero-order valence-corrected chi connectivity index (χ0v) is 13.9. The highest BCUT2D eigenvalue weighted by Gasteiger charge is 2.20. The number of pyridine rings is 1. The first-order chi connectivity index (χ1) is 11.4. The van der Waals surface area contributed by atoms with E-state index < -0.39 is 17.0 Å². The molecule has 0 fully saturated rings. The summed E-state index contributed by atoms with van der Waals surface area (Å²) in [6.45, 7) is 0. The maximum absolute atomic E-state index is 12.5. The largest absolute Gasteiger partial charge is 0.384 e. The summed E-state index contributed by atoms with van der Waals surface area (Å²) in [5.41, 5.74) is 5.27. The Hall–Kier alpha value is -2.81. The van der Waals surface area contributed by atoms with E-state index in [0.29, 0.717) is 5.16 Å². The number of thioether (sulfide) groups is 1. The average molecular weight is 345 g/mol. The molecular weight excluding hydrogens is 330 g/mol. The van der Waals surface area contributed by atoms with Crippen molar-refractivity contribution in [2.45, 2.75) is 5.16 Å². The van der Waals surface area contributed by atoms with Crippen LogP contribution < -0.4 is 17.0 Å². The fourth-order valence-corrected chi connectivity index (χ4v) is 3.19. The van der Waals surface area contributed by atoms with Gasteiger partial charge in [0, 0.05) is 20.3 Å². The number of nitrogen functional groups attached to an aromatic ring is 1. The maximum atomic E-state index is 12.5. The van der Waals surface area contributed by atoms with Crippen LogP contribution in [0.3, 0.4) is 0 Å². The number of nitrogens with zero attached hydrogens (tertiary/aromatic N) is 4. The van der Waals surface area contributed by atoms with E-state index in [-0.39, 0.29) is 17.1 Å². The van der Waals surface area contributed by atoms with Crippen LogP contribution in [-0.4, -0.2) is 30.1 Å². The first kappa shape index (κ1) is 16.1. The molecular formula is C15H15N5O3S.